The number of amides is 1. The van der Waals surface area contributed by atoms with Crippen LogP contribution in [0.5, 0.6) is 0 Å². The first kappa shape index (κ1) is 18.1. The van der Waals surface area contributed by atoms with Crippen molar-refractivity contribution in [3.8, 4) is 0 Å². The molecule has 25 heavy (non-hydrogen) atoms. The standard InChI is InChI=1S/C18H20N4O3/c1-12-7-13(2)18(14(3)8-12)19-11-17(23)21-20-10-15-5-4-6-16(9-15)22(24)25/h4-10,19H,11H2,1-3H3,(H,21,23)/b20-10-. The average Bonchev–Trinajstić information content (AvgIpc) is 2.54. The van der Waals surface area contributed by atoms with Gasteiger partial charge < -0.3 is 5.32 Å². The highest BCUT2D eigenvalue weighted by Gasteiger charge is 2.06. The summed E-state index contributed by atoms with van der Waals surface area (Å²) < 4.78 is 0. The van der Waals surface area contributed by atoms with Crippen LogP contribution in [0.1, 0.15) is 22.3 Å². The molecular weight excluding hydrogens is 320 g/mol. The molecule has 0 unspecified atom stereocenters. The van der Waals surface area contributed by atoms with Crippen molar-refractivity contribution >= 4 is 23.5 Å². The van der Waals surface area contributed by atoms with Crippen molar-refractivity contribution < 1.29 is 9.72 Å². The van der Waals surface area contributed by atoms with Crippen molar-refractivity contribution in [1.29, 1.82) is 0 Å². The van der Waals surface area contributed by atoms with Crippen molar-refractivity contribution in [3.63, 3.8) is 0 Å². The van der Waals surface area contributed by atoms with E-state index in [4.69, 9.17) is 0 Å². The molecule has 7 nitrogen and oxygen atoms in total. The highest BCUT2D eigenvalue weighted by Crippen LogP contribution is 2.21. The molecular formula is C18H20N4O3. The molecule has 0 bridgehead atoms. The third kappa shape index (κ3) is 5.13. The Balaban J connectivity index is 1.91. The van der Waals surface area contributed by atoms with Gasteiger partial charge in [-0.2, -0.15) is 5.10 Å². The fourth-order valence-corrected chi connectivity index (χ4v) is 2.56. The van der Waals surface area contributed by atoms with Gasteiger partial charge in [0, 0.05) is 23.4 Å². The van der Waals surface area contributed by atoms with Crippen LogP contribution in [0.2, 0.25) is 0 Å². The first-order chi connectivity index (χ1) is 11.9. The zero-order chi connectivity index (χ0) is 18.4. The number of hydrogen-bond donors (Lipinski definition) is 2. The molecule has 0 fully saturated rings. The minimum atomic E-state index is -0.480. The van der Waals surface area contributed by atoms with E-state index in [0.29, 0.717) is 5.56 Å². The molecule has 0 radical (unpaired) electrons. The van der Waals surface area contributed by atoms with E-state index in [9.17, 15) is 14.9 Å². The molecule has 7 heteroatoms. The molecule has 0 aromatic heterocycles. The Morgan fingerprint density at radius 3 is 2.52 bits per heavy atom. The summed E-state index contributed by atoms with van der Waals surface area (Å²) in [7, 11) is 0. The molecule has 130 valence electrons. The van der Waals surface area contributed by atoms with Gasteiger partial charge in [0.25, 0.3) is 11.6 Å². The Kier molecular flexibility index (Phi) is 5.84. The summed E-state index contributed by atoms with van der Waals surface area (Å²) in [4.78, 5) is 22.1. The van der Waals surface area contributed by atoms with Gasteiger partial charge >= 0.3 is 0 Å². The lowest BCUT2D eigenvalue weighted by molar-refractivity contribution is -0.384. The molecule has 0 heterocycles. The summed E-state index contributed by atoms with van der Waals surface area (Å²) in [5, 5.41) is 17.6. The molecule has 2 N–H and O–H groups in total. The van der Waals surface area contributed by atoms with E-state index in [-0.39, 0.29) is 18.1 Å². The molecule has 0 saturated carbocycles. The number of aryl methyl sites for hydroxylation is 3. The van der Waals surface area contributed by atoms with Crippen LogP contribution in [-0.2, 0) is 4.79 Å². The molecule has 2 aromatic rings. The first-order valence-corrected chi connectivity index (χ1v) is 7.75. The molecule has 0 spiro atoms. The molecule has 0 aliphatic heterocycles. The van der Waals surface area contributed by atoms with E-state index in [0.717, 1.165) is 16.8 Å². The molecule has 0 aliphatic rings. The monoisotopic (exact) mass is 340 g/mol. The third-order valence-electron chi connectivity index (χ3n) is 3.59. The fourth-order valence-electron chi connectivity index (χ4n) is 2.56. The van der Waals surface area contributed by atoms with Gasteiger partial charge in [0.05, 0.1) is 17.7 Å². The maximum Gasteiger partial charge on any atom is 0.270 e. The summed E-state index contributed by atoms with van der Waals surface area (Å²) in [5.41, 5.74) is 7.16. The number of nitro groups is 1. The maximum absolute atomic E-state index is 11.9. The number of hydrogen-bond acceptors (Lipinski definition) is 5. The van der Waals surface area contributed by atoms with Gasteiger partial charge in [-0.25, -0.2) is 5.43 Å². The largest absolute Gasteiger partial charge is 0.376 e. The number of nitrogens with one attached hydrogen (secondary N) is 2. The van der Waals surface area contributed by atoms with Gasteiger partial charge in [0.2, 0.25) is 0 Å². The summed E-state index contributed by atoms with van der Waals surface area (Å²) in [5.74, 6) is -0.305. The summed E-state index contributed by atoms with van der Waals surface area (Å²) in [6.45, 7) is 6.08. The Bertz CT molecular complexity index is 808. The number of nitrogens with zero attached hydrogens (tertiary/aromatic N) is 2. The lowest BCUT2D eigenvalue weighted by atomic mass is 10.1. The molecule has 1 amide bonds. The van der Waals surface area contributed by atoms with Crippen molar-refractivity contribution in [3.05, 3.63) is 68.8 Å². The third-order valence-corrected chi connectivity index (χ3v) is 3.59. The van der Waals surface area contributed by atoms with Crippen molar-refractivity contribution in [2.45, 2.75) is 20.8 Å². The second kappa shape index (κ2) is 8.05. The van der Waals surface area contributed by atoms with Crippen LogP contribution >= 0.6 is 0 Å². The molecule has 0 saturated heterocycles. The van der Waals surface area contributed by atoms with E-state index < -0.39 is 4.92 Å². The quantitative estimate of drug-likeness (QED) is 0.480. The van der Waals surface area contributed by atoms with Crippen LogP contribution in [0.4, 0.5) is 11.4 Å². The van der Waals surface area contributed by atoms with Crippen molar-refractivity contribution in [2.75, 3.05) is 11.9 Å². The number of non-ortho nitro benzene ring substituents is 1. The van der Waals surface area contributed by atoms with Gasteiger partial charge in [-0.1, -0.05) is 29.8 Å². The number of anilines is 1. The fraction of sp³-hybridized carbons (Fsp3) is 0.222. The first-order valence-electron chi connectivity index (χ1n) is 7.75. The van der Waals surface area contributed by atoms with Gasteiger partial charge in [-0.15, -0.1) is 0 Å². The summed E-state index contributed by atoms with van der Waals surface area (Å²) in [6.07, 6.45) is 1.37. The topological polar surface area (TPSA) is 96.6 Å². The van der Waals surface area contributed by atoms with Crippen molar-refractivity contribution in [2.24, 2.45) is 5.10 Å². The van der Waals surface area contributed by atoms with E-state index in [1.54, 1.807) is 12.1 Å². The van der Waals surface area contributed by atoms with Crippen LogP contribution in [0.15, 0.2) is 41.5 Å². The Morgan fingerprint density at radius 2 is 1.88 bits per heavy atom. The zero-order valence-electron chi connectivity index (χ0n) is 14.4. The smallest absolute Gasteiger partial charge is 0.270 e. The average molecular weight is 340 g/mol. The van der Waals surface area contributed by atoms with Crippen LogP contribution in [0.3, 0.4) is 0 Å². The van der Waals surface area contributed by atoms with Crippen LogP contribution < -0.4 is 10.7 Å². The number of hydrazone groups is 1. The SMILES string of the molecule is Cc1cc(C)c(NCC(=O)N/N=C\c2cccc([N+](=O)[O-])c2)c(C)c1. The maximum atomic E-state index is 11.9. The highest BCUT2D eigenvalue weighted by atomic mass is 16.6. The minimum Gasteiger partial charge on any atom is -0.376 e. The molecule has 0 atom stereocenters. The van der Waals surface area contributed by atoms with Gasteiger partial charge in [-0.05, 0) is 31.9 Å². The number of carbonyl (C=O) groups excluding carboxylic acids is 1. The Labute approximate surface area is 145 Å². The van der Waals surface area contributed by atoms with E-state index in [1.165, 1.54) is 23.9 Å². The van der Waals surface area contributed by atoms with Gasteiger partial charge in [0.1, 0.15) is 0 Å². The van der Waals surface area contributed by atoms with Crippen molar-refractivity contribution in [1.82, 2.24) is 5.43 Å². The van der Waals surface area contributed by atoms with Gasteiger partial charge in [-0.3, -0.25) is 14.9 Å². The van der Waals surface area contributed by atoms with Crippen LogP contribution in [0.25, 0.3) is 0 Å². The van der Waals surface area contributed by atoms with Gasteiger partial charge in [0.15, 0.2) is 0 Å². The lowest BCUT2D eigenvalue weighted by Crippen LogP contribution is -2.26. The number of nitro benzene ring substituents is 1. The predicted molar refractivity (Wildman–Crippen MR) is 98.0 cm³/mol. The summed E-state index contributed by atoms with van der Waals surface area (Å²) in [6, 6.07) is 10.1. The highest BCUT2D eigenvalue weighted by molar-refractivity contribution is 5.85. The van der Waals surface area contributed by atoms with Crippen LogP contribution in [0, 0.1) is 30.9 Å². The Morgan fingerprint density at radius 1 is 1.20 bits per heavy atom. The van der Waals surface area contributed by atoms with E-state index in [2.05, 4.69) is 15.8 Å². The minimum absolute atomic E-state index is 0.0257. The molecule has 2 rings (SSSR count). The van der Waals surface area contributed by atoms with Crippen LogP contribution in [-0.4, -0.2) is 23.6 Å². The summed E-state index contributed by atoms with van der Waals surface area (Å²) >= 11 is 0. The second-order valence-electron chi connectivity index (χ2n) is 5.77. The number of carbonyl (C=O) groups is 1. The number of rotatable bonds is 6. The second-order valence-corrected chi connectivity index (χ2v) is 5.77. The lowest BCUT2D eigenvalue weighted by Gasteiger charge is -2.13. The number of benzene rings is 2. The normalized spacial score (nSPS) is 10.7. The van der Waals surface area contributed by atoms with E-state index in [1.807, 2.05) is 32.9 Å². The molecule has 2 aromatic carbocycles. The predicted octanol–water partition coefficient (Wildman–Crippen LogP) is 3.08. The zero-order valence-corrected chi connectivity index (χ0v) is 14.4. The molecule has 0 aliphatic carbocycles. The Hall–Kier alpha value is -3.22. The van der Waals surface area contributed by atoms with E-state index >= 15 is 0 Å².